The van der Waals surface area contributed by atoms with Crippen molar-refractivity contribution >= 4 is 25.8 Å². The van der Waals surface area contributed by atoms with E-state index in [2.05, 4.69) is 0 Å². The van der Waals surface area contributed by atoms with Crippen LogP contribution in [-0.2, 0) is 24.6 Å². The molecule has 1 heterocycles. The minimum absolute atomic E-state index is 0.0166. The van der Waals surface area contributed by atoms with Crippen molar-refractivity contribution in [2.24, 2.45) is 0 Å². The molecule has 1 fully saturated rings. The van der Waals surface area contributed by atoms with Crippen LogP contribution in [0.1, 0.15) is 31.1 Å². The van der Waals surface area contributed by atoms with Gasteiger partial charge in [-0.15, -0.1) is 0 Å². The van der Waals surface area contributed by atoms with E-state index in [9.17, 15) is 21.6 Å². The van der Waals surface area contributed by atoms with Gasteiger partial charge in [-0.05, 0) is 45.0 Å². The number of esters is 1. The van der Waals surface area contributed by atoms with Crippen LogP contribution in [0.2, 0.25) is 0 Å². The maximum atomic E-state index is 12.8. The molecule has 7 nitrogen and oxygen atoms in total. The van der Waals surface area contributed by atoms with Gasteiger partial charge in [0.1, 0.15) is 0 Å². The molecule has 9 heteroatoms. The van der Waals surface area contributed by atoms with Crippen molar-refractivity contribution < 1.29 is 26.4 Å². The van der Waals surface area contributed by atoms with Crippen molar-refractivity contribution in [1.82, 2.24) is 4.31 Å². The van der Waals surface area contributed by atoms with Crippen LogP contribution in [0.5, 0.6) is 0 Å². The van der Waals surface area contributed by atoms with Crippen LogP contribution >= 0.6 is 0 Å². The minimum Gasteiger partial charge on any atom is -0.462 e. The molecule has 0 aromatic heterocycles. The van der Waals surface area contributed by atoms with Gasteiger partial charge in [-0.1, -0.05) is 0 Å². The number of benzene rings is 1. The minimum atomic E-state index is -3.86. The number of nitrogens with zero attached hydrogens (tertiary/aromatic N) is 1. The molecule has 134 valence electrons. The smallest absolute Gasteiger partial charge is 0.338 e. The number of ether oxygens (including phenoxy) is 1. The summed E-state index contributed by atoms with van der Waals surface area (Å²) in [5.74, 6) is -0.942. The molecule has 0 atom stereocenters. The number of carbonyl (C=O) groups excluding carboxylic acids is 1. The molecule has 2 rings (SSSR count). The lowest BCUT2D eigenvalue weighted by Gasteiger charge is -2.40. The lowest BCUT2D eigenvalue weighted by Crippen LogP contribution is -2.57. The van der Waals surface area contributed by atoms with Gasteiger partial charge in [-0.2, -0.15) is 4.31 Å². The van der Waals surface area contributed by atoms with Crippen molar-refractivity contribution in [3.05, 3.63) is 29.8 Å². The van der Waals surface area contributed by atoms with Crippen molar-refractivity contribution in [2.45, 2.75) is 31.2 Å². The SMILES string of the molecule is CCOC(=O)c1ccc(S(=O)(=O)N2CCS(=O)(=O)CC2(C)C)cc1. The molecular weight excluding hydrogens is 354 g/mol. The number of carbonyl (C=O) groups is 1. The van der Waals surface area contributed by atoms with Gasteiger partial charge < -0.3 is 4.74 Å². The van der Waals surface area contributed by atoms with Gasteiger partial charge in [0, 0.05) is 12.1 Å². The topological polar surface area (TPSA) is 97.8 Å². The van der Waals surface area contributed by atoms with Crippen LogP contribution in [-0.4, -0.2) is 57.3 Å². The third-order valence-electron chi connectivity index (χ3n) is 3.81. The van der Waals surface area contributed by atoms with Gasteiger partial charge in [0.25, 0.3) is 0 Å². The monoisotopic (exact) mass is 375 g/mol. The Hall–Kier alpha value is -1.45. The van der Waals surface area contributed by atoms with E-state index < -0.39 is 31.4 Å². The van der Waals surface area contributed by atoms with E-state index in [1.165, 1.54) is 28.6 Å². The fourth-order valence-electron chi connectivity index (χ4n) is 2.76. The van der Waals surface area contributed by atoms with Gasteiger partial charge in [0.05, 0.1) is 28.6 Å². The molecular formula is C15H21NO6S2. The summed E-state index contributed by atoms with van der Waals surface area (Å²) < 4.78 is 55.3. The molecule has 0 aliphatic carbocycles. The van der Waals surface area contributed by atoms with Gasteiger partial charge in [-0.3, -0.25) is 0 Å². The van der Waals surface area contributed by atoms with Crippen LogP contribution in [0.3, 0.4) is 0 Å². The van der Waals surface area contributed by atoms with Crippen LogP contribution in [0.25, 0.3) is 0 Å². The zero-order valence-corrected chi connectivity index (χ0v) is 15.5. The molecule has 0 bridgehead atoms. The number of hydrogen-bond donors (Lipinski definition) is 0. The normalized spacial score (nSPS) is 20.5. The standard InChI is InChI=1S/C15H21NO6S2/c1-4-22-14(17)12-5-7-13(8-6-12)24(20,21)16-9-10-23(18,19)11-15(16,2)3/h5-8H,4,9-11H2,1-3H3. The highest BCUT2D eigenvalue weighted by atomic mass is 32.2. The average molecular weight is 375 g/mol. The zero-order valence-electron chi connectivity index (χ0n) is 13.9. The van der Waals surface area contributed by atoms with Crippen LogP contribution in [0.4, 0.5) is 0 Å². The van der Waals surface area contributed by atoms with E-state index in [1.807, 2.05) is 0 Å². The van der Waals surface area contributed by atoms with Gasteiger partial charge in [0.15, 0.2) is 9.84 Å². The summed E-state index contributed by atoms with van der Waals surface area (Å²) in [5, 5.41) is 0. The summed E-state index contributed by atoms with van der Waals surface area (Å²) in [6, 6.07) is 5.44. The Bertz CT molecular complexity index is 825. The third-order valence-corrected chi connectivity index (χ3v) is 7.88. The summed E-state index contributed by atoms with van der Waals surface area (Å²) in [4.78, 5) is 11.6. The first-order chi connectivity index (χ1) is 11.0. The predicted octanol–water partition coefficient (Wildman–Crippen LogP) is 1.06. The molecule has 0 amide bonds. The molecule has 0 unspecified atom stereocenters. The lowest BCUT2D eigenvalue weighted by atomic mass is 10.1. The number of sulfone groups is 1. The summed E-state index contributed by atoms with van der Waals surface area (Å²) in [6.45, 7) is 5.01. The van der Waals surface area contributed by atoms with Crippen molar-refractivity contribution in [3.8, 4) is 0 Å². The van der Waals surface area contributed by atoms with Gasteiger partial charge in [0.2, 0.25) is 10.0 Å². The molecule has 0 saturated carbocycles. The van der Waals surface area contributed by atoms with E-state index in [4.69, 9.17) is 4.74 Å². The Labute approximate surface area is 142 Å². The highest BCUT2D eigenvalue weighted by Crippen LogP contribution is 2.29. The number of hydrogen-bond acceptors (Lipinski definition) is 6. The Morgan fingerprint density at radius 1 is 1.25 bits per heavy atom. The third kappa shape index (κ3) is 3.79. The molecule has 1 aromatic carbocycles. The Kier molecular flexibility index (Phi) is 5.08. The van der Waals surface area contributed by atoms with E-state index >= 15 is 0 Å². The molecule has 1 aliphatic heterocycles. The molecule has 1 aliphatic rings. The largest absolute Gasteiger partial charge is 0.462 e. The summed E-state index contributed by atoms with van der Waals surface area (Å²) >= 11 is 0. The maximum Gasteiger partial charge on any atom is 0.338 e. The second-order valence-electron chi connectivity index (χ2n) is 6.23. The molecule has 1 aromatic rings. The average Bonchev–Trinajstić information content (AvgIpc) is 2.45. The van der Waals surface area contributed by atoms with Gasteiger partial charge in [-0.25, -0.2) is 21.6 Å². The molecule has 0 radical (unpaired) electrons. The quantitative estimate of drug-likeness (QED) is 0.730. The summed E-state index contributed by atoms with van der Waals surface area (Å²) in [5.41, 5.74) is -0.772. The van der Waals surface area contributed by atoms with E-state index in [-0.39, 0.29) is 35.1 Å². The Morgan fingerprint density at radius 3 is 2.33 bits per heavy atom. The van der Waals surface area contributed by atoms with Crippen molar-refractivity contribution in [1.29, 1.82) is 0 Å². The fraction of sp³-hybridized carbons (Fsp3) is 0.533. The molecule has 0 spiro atoms. The summed E-state index contributed by atoms with van der Waals surface area (Å²) in [6.07, 6.45) is 0. The Balaban J connectivity index is 2.32. The first kappa shape index (κ1) is 18.9. The van der Waals surface area contributed by atoms with Crippen LogP contribution < -0.4 is 0 Å². The highest BCUT2D eigenvalue weighted by molar-refractivity contribution is 7.92. The highest BCUT2D eigenvalue weighted by Gasteiger charge is 2.44. The van der Waals surface area contributed by atoms with Crippen molar-refractivity contribution in [3.63, 3.8) is 0 Å². The molecule has 1 saturated heterocycles. The first-order valence-corrected chi connectivity index (χ1v) is 10.8. The second kappa shape index (κ2) is 6.45. The molecule has 24 heavy (non-hydrogen) atoms. The van der Waals surface area contributed by atoms with Crippen molar-refractivity contribution in [2.75, 3.05) is 24.7 Å². The fourth-order valence-corrected chi connectivity index (χ4v) is 6.57. The van der Waals surface area contributed by atoms with Gasteiger partial charge >= 0.3 is 5.97 Å². The molecule has 0 N–H and O–H groups in total. The van der Waals surface area contributed by atoms with E-state index in [0.29, 0.717) is 0 Å². The summed E-state index contributed by atoms with van der Waals surface area (Å²) in [7, 11) is -7.12. The zero-order chi connectivity index (χ0) is 18.2. The van der Waals surface area contributed by atoms with Crippen LogP contribution in [0, 0.1) is 0 Å². The van der Waals surface area contributed by atoms with E-state index in [1.54, 1.807) is 20.8 Å². The van der Waals surface area contributed by atoms with Crippen LogP contribution in [0.15, 0.2) is 29.2 Å². The Morgan fingerprint density at radius 2 is 1.83 bits per heavy atom. The lowest BCUT2D eigenvalue weighted by molar-refractivity contribution is 0.0526. The number of sulfonamides is 1. The predicted molar refractivity (Wildman–Crippen MR) is 89.0 cm³/mol. The number of rotatable bonds is 4. The maximum absolute atomic E-state index is 12.8. The first-order valence-electron chi connectivity index (χ1n) is 7.50. The van der Waals surface area contributed by atoms with E-state index in [0.717, 1.165) is 0 Å². The second-order valence-corrected chi connectivity index (χ2v) is 10.3.